The quantitative estimate of drug-likeness (QED) is 0.705. The van der Waals surface area contributed by atoms with E-state index in [4.69, 9.17) is 16.7 Å². The van der Waals surface area contributed by atoms with Crippen LogP contribution in [-0.4, -0.2) is 18.3 Å². The second-order valence-corrected chi connectivity index (χ2v) is 2.95. The minimum Gasteiger partial charge on any atom is -0.396 e. The van der Waals surface area contributed by atoms with Crippen LogP contribution in [0.1, 0.15) is 6.42 Å². The maximum Gasteiger partial charge on any atom is 0.0447 e. The van der Waals surface area contributed by atoms with Crippen LogP contribution in [0.2, 0.25) is 5.02 Å². The molecule has 0 aromatic heterocycles. The molecule has 0 aliphatic carbocycles. The van der Waals surface area contributed by atoms with Gasteiger partial charge in [0, 0.05) is 23.9 Å². The van der Waals surface area contributed by atoms with Gasteiger partial charge in [-0.05, 0) is 24.6 Å². The fourth-order valence-electron chi connectivity index (χ4n) is 0.910. The topological polar surface area (TPSA) is 32.3 Å². The second-order valence-electron chi connectivity index (χ2n) is 2.51. The Hall–Kier alpha value is -0.730. The van der Waals surface area contributed by atoms with Gasteiger partial charge in [0.05, 0.1) is 0 Å². The zero-order valence-electron chi connectivity index (χ0n) is 6.76. The summed E-state index contributed by atoms with van der Waals surface area (Å²) in [6.45, 7) is 0.990. The highest BCUT2D eigenvalue weighted by molar-refractivity contribution is 6.30. The van der Waals surface area contributed by atoms with Crippen LogP contribution in [0.4, 0.5) is 5.69 Å². The number of rotatable bonds is 4. The number of hydrogen-bond acceptors (Lipinski definition) is 2. The number of nitrogens with one attached hydrogen (secondary N) is 1. The molecule has 0 aliphatic rings. The van der Waals surface area contributed by atoms with Gasteiger partial charge in [-0.15, -0.1) is 0 Å². The molecule has 1 aromatic carbocycles. The van der Waals surface area contributed by atoms with E-state index in [0.717, 1.165) is 23.7 Å². The molecule has 1 aromatic rings. The van der Waals surface area contributed by atoms with Crippen molar-refractivity contribution in [3.8, 4) is 0 Å². The molecule has 1 rings (SSSR count). The Kier molecular flexibility index (Phi) is 3.91. The summed E-state index contributed by atoms with van der Waals surface area (Å²) in [5.41, 5.74) is 0.996. The highest BCUT2D eigenvalue weighted by Gasteiger charge is 1.91. The molecule has 0 saturated heterocycles. The first-order valence-electron chi connectivity index (χ1n) is 3.93. The predicted octanol–water partition coefficient (Wildman–Crippen LogP) is 2.13. The maximum absolute atomic E-state index is 8.53. The monoisotopic (exact) mass is 185 g/mol. The second kappa shape index (κ2) is 5.01. The molecule has 0 heterocycles. The van der Waals surface area contributed by atoms with E-state index in [0.29, 0.717) is 0 Å². The van der Waals surface area contributed by atoms with Crippen molar-refractivity contribution < 1.29 is 5.11 Å². The number of benzene rings is 1. The lowest BCUT2D eigenvalue weighted by Gasteiger charge is -2.04. The summed E-state index contributed by atoms with van der Waals surface area (Å²) in [6, 6.07) is 7.53. The average molecular weight is 186 g/mol. The summed E-state index contributed by atoms with van der Waals surface area (Å²) in [5.74, 6) is 0. The molecule has 12 heavy (non-hydrogen) atoms. The average Bonchev–Trinajstić information content (AvgIpc) is 2.05. The normalized spacial score (nSPS) is 9.83. The Labute approximate surface area is 77.2 Å². The lowest BCUT2D eigenvalue weighted by Crippen LogP contribution is -2.02. The Morgan fingerprint density at radius 2 is 2.25 bits per heavy atom. The molecule has 2 nitrogen and oxygen atoms in total. The standard InChI is InChI=1S/C9H12ClNO/c10-8-3-1-4-9(7-8)11-5-2-6-12/h1,3-4,7,11-12H,2,5-6H2. The van der Waals surface area contributed by atoms with Crippen molar-refractivity contribution in [2.75, 3.05) is 18.5 Å². The van der Waals surface area contributed by atoms with Gasteiger partial charge in [-0.1, -0.05) is 17.7 Å². The van der Waals surface area contributed by atoms with Gasteiger partial charge in [0.2, 0.25) is 0 Å². The minimum atomic E-state index is 0.216. The van der Waals surface area contributed by atoms with E-state index in [9.17, 15) is 0 Å². The van der Waals surface area contributed by atoms with E-state index < -0.39 is 0 Å². The summed E-state index contributed by atoms with van der Waals surface area (Å²) < 4.78 is 0. The van der Waals surface area contributed by atoms with Crippen LogP contribution in [0, 0.1) is 0 Å². The van der Waals surface area contributed by atoms with Crippen molar-refractivity contribution in [1.82, 2.24) is 0 Å². The molecule has 2 N–H and O–H groups in total. The van der Waals surface area contributed by atoms with E-state index in [1.807, 2.05) is 24.3 Å². The van der Waals surface area contributed by atoms with Crippen molar-refractivity contribution in [3.63, 3.8) is 0 Å². The summed E-state index contributed by atoms with van der Waals surface area (Å²) in [6.07, 6.45) is 0.756. The number of hydrogen-bond donors (Lipinski definition) is 2. The molecule has 0 bridgehead atoms. The Morgan fingerprint density at radius 3 is 2.92 bits per heavy atom. The summed E-state index contributed by atoms with van der Waals surface area (Å²) >= 11 is 5.77. The van der Waals surface area contributed by atoms with Crippen LogP contribution in [0.15, 0.2) is 24.3 Å². The molecule has 0 aliphatic heterocycles. The molecule has 0 saturated carbocycles. The third kappa shape index (κ3) is 3.11. The van der Waals surface area contributed by atoms with Gasteiger partial charge >= 0.3 is 0 Å². The first-order chi connectivity index (χ1) is 5.83. The summed E-state index contributed by atoms with van der Waals surface area (Å²) in [4.78, 5) is 0. The van der Waals surface area contributed by atoms with Crippen LogP contribution in [-0.2, 0) is 0 Å². The SMILES string of the molecule is OCCCNc1cccc(Cl)c1. The van der Waals surface area contributed by atoms with E-state index in [2.05, 4.69) is 5.32 Å². The molecule has 3 heteroatoms. The third-order valence-corrected chi connectivity index (χ3v) is 1.72. The molecule has 0 unspecified atom stereocenters. The van der Waals surface area contributed by atoms with Crippen LogP contribution < -0.4 is 5.32 Å². The number of anilines is 1. The van der Waals surface area contributed by atoms with Crippen molar-refractivity contribution >= 4 is 17.3 Å². The highest BCUT2D eigenvalue weighted by atomic mass is 35.5. The van der Waals surface area contributed by atoms with Crippen LogP contribution in [0.5, 0.6) is 0 Å². The van der Waals surface area contributed by atoms with Gasteiger partial charge in [0.1, 0.15) is 0 Å². The van der Waals surface area contributed by atoms with Crippen molar-refractivity contribution in [2.45, 2.75) is 6.42 Å². The molecule has 0 spiro atoms. The molecule has 0 amide bonds. The highest BCUT2D eigenvalue weighted by Crippen LogP contribution is 2.14. The van der Waals surface area contributed by atoms with Crippen molar-refractivity contribution in [1.29, 1.82) is 0 Å². The molecule has 0 atom stereocenters. The van der Waals surface area contributed by atoms with Gasteiger partial charge in [0.25, 0.3) is 0 Å². The van der Waals surface area contributed by atoms with Crippen molar-refractivity contribution in [3.05, 3.63) is 29.3 Å². The molecule has 0 radical (unpaired) electrons. The fraction of sp³-hybridized carbons (Fsp3) is 0.333. The van der Waals surface area contributed by atoms with Crippen LogP contribution >= 0.6 is 11.6 Å². The van der Waals surface area contributed by atoms with Gasteiger partial charge in [0.15, 0.2) is 0 Å². The van der Waals surface area contributed by atoms with E-state index in [-0.39, 0.29) is 6.61 Å². The Bertz CT molecular complexity index is 240. The van der Waals surface area contributed by atoms with Crippen LogP contribution in [0.25, 0.3) is 0 Å². The number of aliphatic hydroxyl groups is 1. The number of aliphatic hydroxyl groups excluding tert-OH is 1. The first kappa shape index (κ1) is 9.36. The van der Waals surface area contributed by atoms with Crippen LogP contribution in [0.3, 0.4) is 0 Å². The fourth-order valence-corrected chi connectivity index (χ4v) is 1.10. The largest absolute Gasteiger partial charge is 0.396 e. The lowest BCUT2D eigenvalue weighted by atomic mass is 10.3. The Morgan fingerprint density at radius 1 is 1.42 bits per heavy atom. The zero-order chi connectivity index (χ0) is 8.81. The van der Waals surface area contributed by atoms with E-state index >= 15 is 0 Å². The number of halogens is 1. The first-order valence-corrected chi connectivity index (χ1v) is 4.31. The molecule has 0 fully saturated rings. The third-order valence-electron chi connectivity index (χ3n) is 1.49. The van der Waals surface area contributed by atoms with Gasteiger partial charge in [-0.25, -0.2) is 0 Å². The molecule has 66 valence electrons. The Balaban J connectivity index is 2.41. The van der Waals surface area contributed by atoms with E-state index in [1.54, 1.807) is 0 Å². The summed E-state index contributed by atoms with van der Waals surface area (Å²) in [7, 11) is 0. The molecular weight excluding hydrogens is 174 g/mol. The van der Waals surface area contributed by atoms with Gasteiger partial charge in [-0.2, -0.15) is 0 Å². The maximum atomic E-state index is 8.53. The van der Waals surface area contributed by atoms with E-state index in [1.165, 1.54) is 0 Å². The summed E-state index contributed by atoms with van der Waals surface area (Å²) in [5, 5.41) is 12.4. The zero-order valence-corrected chi connectivity index (χ0v) is 7.51. The van der Waals surface area contributed by atoms with Gasteiger partial charge < -0.3 is 10.4 Å². The van der Waals surface area contributed by atoms with Gasteiger partial charge in [-0.3, -0.25) is 0 Å². The van der Waals surface area contributed by atoms with Crippen molar-refractivity contribution in [2.24, 2.45) is 0 Å². The lowest BCUT2D eigenvalue weighted by molar-refractivity contribution is 0.292. The predicted molar refractivity (Wildman–Crippen MR) is 51.6 cm³/mol. The minimum absolute atomic E-state index is 0.216. The molecular formula is C9H12ClNO. The smallest absolute Gasteiger partial charge is 0.0447 e.